The molecule has 0 amide bonds. The average molecular weight is 724 g/mol. The quantitative estimate of drug-likeness (QED) is 0.177. The Morgan fingerprint density at radius 3 is 2.25 bits per heavy atom. The lowest BCUT2D eigenvalue weighted by Gasteiger charge is -2.25. The minimum Gasteiger partial charge on any atom is -0.310 e. The summed E-state index contributed by atoms with van der Waals surface area (Å²) in [4.78, 5) is 10.5. The predicted molar refractivity (Wildman–Crippen MR) is 235 cm³/mol. The van der Waals surface area contributed by atoms with Crippen LogP contribution in [0.15, 0.2) is 139 Å². The Balaban J connectivity index is 0.977. The van der Waals surface area contributed by atoms with E-state index in [1.54, 1.807) is 5.57 Å². The van der Waals surface area contributed by atoms with Crippen LogP contribution >= 0.6 is 0 Å². The molecule has 11 rings (SSSR count). The van der Waals surface area contributed by atoms with Crippen LogP contribution in [0, 0.1) is 0 Å². The molecule has 2 aromatic heterocycles. The fourth-order valence-electron chi connectivity index (χ4n) is 10.1. The van der Waals surface area contributed by atoms with E-state index in [1.165, 1.54) is 66.5 Å². The number of hydrogen-bond acceptors (Lipinski definition) is 2. The average Bonchev–Trinajstić information content (AvgIpc) is 3.71. The van der Waals surface area contributed by atoms with Crippen molar-refractivity contribution in [1.82, 2.24) is 14.5 Å². The van der Waals surface area contributed by atoms with Crippen LogP contribution in [-0.2, 0) is 5.41 Å². The van der Waals surface area contributed by atoms with Gasteiger partial charge in [0.25, 0.3) is 0 Å². The zero-order chi connectivity index (χ0) is 37.4. The Labute approximate surface area is 328 Å². The van der Waals surface area contributed by atoms with Gasteiger partial charge in [0.1, 0.15) is 5.82 Å². The van der Waals surface area contributed by atoms with Gasteiger partial charge in [-0.15, -0.1) is 0 Å². The van der Waals surface area contributed by atoms with Gasteiger partial charge in [0.05, 0.1) is 22.1 Å². The van der Waals surface area contributed by atoms with Crippen molar-refractivity contribution in [2.45, 2.75) is 70.1 Å². The summed E-state index contributed by atoms with van der Waals surface area (Å²) < 4.78 is 2.52. The smallest absolute Gasteiger partial charge is 0.136 e. The Kier molecular flexibility index (Phi) is 7.74. The van der Waals surface area contributed by atoms with E-state index in [2.05, 4.69) is 164 Å². The molecule has 1 atom stereocenters. The maximum Gasteiger partial charge on any atom is 0.136 e. The summed E-state index contributed by atoms with van der Waals surface area (Å²) >= 11 is 0. The molecule has 56 heavy (non-hydrogen) atoms. The second kappa shape index (κ2) is 13.0. The lowest BCUT2D eigenvalue weighted by Crippen LogP contribution is -2.35. The van der Waals surface area contributed by atoms with Crippen molar-refractivity contribution >= 4 is 50.8 Å². The number of aromatic nitrogens is 3. The highest BCUT2D eigenvalue weighted by Gasteiger charge is 2.39. The van der Waals surface area contributed by atoms with Crippen molar-refractivity contribution in [2.24, 2.45) is 0 Å². The van der Waals surface area contributed by atoms with Crippen molar-refractivity contribution in [3.05, 3.63) is 172 Å². The van der Waals surface area contributed by atoms with Crippen LogP contribution in [0.2, 0.25) is 0 Å². The largest absolute Gasteiger partial charge is 0.310 e. The van der Waals surface area contributed by atoms with E-state index in [9.17, 15) is 0 Å². The molecule has 5 aliphatic carbocycles. The fourth-order valence-corrected chi connectivity index (χ4v) is 10.1. The number of fused-ring (bicyclic) bond motifs is 7. The predicted octanol–water partition coefficient (Wildman–Crippen LogP) is 12.0. The van der Waals surface area contributed by atoms with Gasteiger partial charge < -0.3 is 4.57 Å². The van der Waals surface area contributed by atoms with Gasteiger partial charge in [-0.2, -0.15) is 0 Å². The Hall–Kier alpha value is -6.06. The van der Waals surface area contributed by atoms with E-state index in [1.807, 2.05) is 0 Å². The summed E-state index contributed by atoms with van der Waals surface area (Å²) in [5.74, 6) is 1.02. The highest BCUT2D eigenvalue weighted by atomic mass is 15.0. The van der Waals surface area contributed by atoms with Gasteiger partial charge in [-0.25, -0.2) is 9.97 Å². The van der Waals surface area contributed by atoms with Crippen molar-refractivity contribution in [3.8, 4) is 22.4 Å². The molecule has 3 heteroatoms. The molecule has 0 spiro atoms. The third-order valence-corrected chi connectivity index (χ3v) is 12.8. The summed E-state index contributed by atoms with van der Waals surface area (Å²) in [5.41, 5.74) is 16.9. The monoisotopic (exact) mass is 723 g/mol. The molecular formula is C53H45N3. The summed E-state index contributed by atoms with van der Waals surface area (Å²) in [6, 6.07) is 31.4. The van der Waals surface area contributed by atoms with Gasteiger partial charge in [-0.1, -0.05) is 135 Å². The van der Waals surface area contributed by atoms with Gasteiger partial charge in [0.2, 0.25) is 0 Å². The zero-order valence-corrected chi connectivity index (χ0v) is 32.2. The van der Waals surface area contributed by atoms with Crippen molar-refractivity contribution in [3.63, 3.8) is 0 Å². The highest BCUT2D eigenvalue weighted by Crippen LogP contribution is 2.54. The molecule has 0 fully saturated rings. The van der Waals surface area contributed by atoms with Crippen molar-refractivity contribution in [1.29, 1.82) is 0 Å². The first-order valence-corrected chi connectivity index (χ1v) is 20.6. The summed E-state index contributed by atoms with van der Waals surface area (Å²) in [6.45, 7) is 4.87. The highest BCUT2D eigenvalue weighted by molar-refractivity contribution is 6.15. The Morgan fingerprint density at radius 2 is 1.43 bits per heavy atom. The molecule has 4 aromatic carbocycles. The molecular weight excluding hydrogens is 679 g/mol. The van der Waals surface area contributed by atoms with Crippen LogP contribution in [0.5, 0.6) is 0 Å². The third kappa shape index (κ3) is 5.24. The normalized spacial score (nSPS) is 19.3. The van der Waals surface area contributed by atoms with E-state index in [4.69, 9.17) is 9.97 Å². The molecule has 3 nitrogen and oxygen atoms in total. The lowest BCUT2D eigenvalue weighted by atomic mass is 9.78. The SMILES string of the molecule is CC1(C)C2=C(CCC=C2)c2ccc3c(c21)c1cc(C2=CCC(c4nc(-c5ccc(-c6ccccc6)cc5)c5c(n4)=CCCC=5)C=C2)ccc1n3C1=CCCC=C1. The summed E-state index contributed by atoms with van der Waals surface area (Å²) in [7, 11) is 0. The number of rotatable bonds is 5. The van der Waals surface area contributed by atoms with E-state index in [0.717, 1.165) is 72.6 Å². The topological polar surface area (TPSA) is 30.7 Å². The Morgan fingerprint density at radius 1 is 0.661 bits per heavy atom. The van der Waals surface area contributed by atoms with Crippen LogP contribution in [0.4, 0.5) is 0 Å². The molecule has 0 saturated heterocycles. The minimum atomic E-state index is -0.0585. The molecule has 272 valence electrons. The van der Waals surface area contributed by atoms with Crippen LogP contribution in [0.1, 0.15) is 87.2 Å². The van der Waals surface area contributed by atoms with E-state index >= 15 is 0 Å². The summed E-state index contributed by atoms with van der Waals surface area (Å²) in [6.07, 6.45) is 30.8. The van der Waals surface area contributed by atoms with Crippen LogP contribution in [0.25, 0.3) is 73.2 Å². The summed E-state index contributed by atoms with van der Waals surface area (Å²) in [5, 5.41) is 4.98. The zero-order valence-electron chi connectivity index (χ0n) is 32.2. The van der Waals surface area contributed by atoms with Gasteiger partial charge in [-0.3, -0.25) is 0 Å². The van der Waals surface area contributed by atoms with E-state index < -0.39 is 0 Å². The molecule has 5 aliphatic rings. The standard InChI is InChI=1S/C53H45N3/c1-53(2)45-19-11-9-17-41(45)42-30-32-48-49(50(42)53)44-33-39(29-31-47(44)56(48)40-15-7-4-8-16-40)36-23-27-38(28-24-36)52-54-46-20-12-10-18-43(46)51(55-52)37-25-21-35(22-26-37)34-13-5-3-6-14-34/h3,5-7,11,13-16,18-27,29-33,38H,4,8-10,12,17,28H2,1-2H3. The maximum atomic E-state index is 5.31. The number of benzene rings is 4. The van der Waals surface area contributed by atoms with E-state index in [-0.39, 0.29) is 11.3 Å². The van der Waals surface area contributed by atoms with Crippen LogP contribution in [-0.4, -0.2) is 14.5 Å². The molecule has 1 unspecified atom stereocenters. The molecule has 0 saturated carbocycles. The molecule has 0 aliphatic heterocycles. The fraction of sp³-hybridized carbons (Fsp3) is 0.208. The number of nitrogens with zero attached hydrogens (tertiary/aromatic N) is 3. The molecule has 0 bridgehead atoms. The minimum absolute atomic E-state index is 0.0585. The van der Waals surface area contributed by atoms with Gasteiger partial charge in [0, 0.05) is 38.6 Å². The van der Waals surface area contributed by atoms with Gasteiger partial charge in [-0.05, 0) is 114 Å². The lowest BCUT2D eigenvalue weighted by molar-refractivity contribution is 0.657. The molecule has 6 aromatic rings. The molecule has 0 radical (unpaired) electrons. The van der Waals surface area contributed by atoms with Gasteiger partial charge >= 0.3 is 0 Å². The second-order valence-electron chi connectivity index (χ2n) is 16.5. The Bertz CT molecular complexity index is 2940. The van der Waals surface area contributed by atoms with Crippen molar-refractivity contribution in [2.75, 3.05) is 0 Å². The van der Waals surface area contributed by atoms with Gasteiger partial charge in [0.15, 0.2) is 0 Å². The number of allylic oxidation sites excluding steroid dienone is 12. The third-order valence-electron chi connectivity index (χ3n) is 12.8. The first kappa shape index (κ1) is 33.3. The molecule has 0 N–H and O–H groups in total. The first-order valence-electron chi connectivity index (χ1n) is 20.6. The maximum absolute atomic E-state index is 5.31. The second-order valence-corrected chi connectivity index (χ2v) is 16.5. The van der Waals surface area contributed by atoms with E-state index in [0.29, 0.717) is 0 Å². The van der Waals surface area contributed by atoms with Crippen LogP contribution in [0.3, 0.4) is 0 Å². The number of hydrogen-bond donors (Lipinski definition) is 0. The van der Waals surface area contributed by atoms with Crippen LogP contribution < -0.4 is 10.6 Å². The van der Waals surface area contributed by atoms with Crippen molar-refractivity contribution < 1.29 is 0 Å². The molecule has 2 heterocycles. The first-order chi connectivity index (χ1) is 27.5.